The largest absolute Gasteiger partial charge is 0.497 e. The summed E-state index contributed by atoms with van der Waals surface area (Å²) < 4.78 is 7.67. The first-order valence-corrected chi connectivity index (χ1v) is 9.62. The molecular weight excluding hydrogens is 342 g/mol. The van der Waals surface area contributed by atoms with Crippen molar-refractivity contribution in [2.24, 2.45) is 0 Å². The second kappa shape index (κ2) is 6.18. The second-order valence-electron chi connectivity index (χ2n) is 6.53. The van der Waals surface area contributed by atoms with Gasteiger partial charge >= 0.3 is 0 Å². The zero-order chi connectivity index (χ0) is 17.5. The third kappa shape index (κ3) is 2.47. The van der Waals surface area contributed by atoms with Gasteiger partial charge in [-0.05, 0) is 47.7 Å². The first-order chi connectivity index (χ1) is 12.8. The quantitative estimate of drug-likeness (QED) is 0.541. The molecule has 3 heterocycles. The topological polar surface area (TPSA) is 39.1 Å². The average molecular weight is 361 g/mol. The monoisotopic (exact) mass is 361 g/mol. The highest BCUT2D eigenvalue weighted by Gasteiger charge is 2.31. The fraction of sp³-hybridized carbons (Fsp3) is 0.190. The van der Waals surface area contributed by atoms with Crippen molar-refractivity contribution in [2.75, 3.05) is 12.4 Å². The maximum absolute atomic E-state index is 5.33. The third-order valence-electron chi connectivity index (χ3n) is 5.06. The number of ether oxygens (including phenoxy) is 1. The first kappa shape index (κ1) is 15.5. The van der Waals surface area contributed by atoms with Crippen LogP contribution in [0.5, 0.6) is 5.75 Å². The minimum atomic E-state index is 0.233. The highest BCUT2D eigenvalue weighted by molar-refractivity contribution is 7.10. The minimum Gasteiger partial charge on any atom is -0.497 e. The van der Waals surface area contributed by atoms with Gasteiger partial charge in [-0.1, -0.05) is 30.3 Å². The molecule has 1 aliphatic heterocycles. The molecule has 2 atom stereocenters. The molecule has 0 bridgehead atoms. The van der Waals surface area contributed by atoms with E-state index in [2.05, 4.69) is 57.7 Å². The average Bonchev–Trinajstić information content (AvgIpc) is 3.35. The number of hydrogen-bond acceptors (Lipinski definition) is 4. The SMILES string of the molecule is COc1ccc(C2CC(c3cccs3)Nc3nc4ccccc4n32)cc1. The van der Waals surface area contributed by atoms with Gasteiger partial charge in [-0.25, -0.2) is 4.98 Å². The van der Waals surface area contributed by atoms with Crippen molar-refractivity contribution >= 4 is 28.3 Å². The molecule has 4 nitrogen and oxygen atoms in total. The van der Waals surface area contributed by atoms with Crippen LogP contribution in [0.15, 0.2) is 66.0 Å². The highest BCUT2D eigenvalue weighted by atomic mass is 32.1. The minimum absolute atomic E-state index is 0.233. The van der Waals surface area contributed by atoms with Crippen molar-refractivity contribution in [3.8, 4) is 5.75 Å². The Bertz CT molecular complexity index is 1040. The Balaban J connectivity index is 1.66. The lowest BCUT2D eigenvalue weighted by atomic mass is 9.96. The molecule has 0 spiro atoms. The first-order valence-electron chi connectivity index (χ1n) is 8.74. The standard InChI is InChI=1S/C21H19N3OS/c1-25-15-10-8-14(9-11-15)19-13-17(20-7-4-12-26-20)23-21-22-16-5-2-3-6-18(16)24(19)21/h2-12,17,19H,13H2,1H3,(H,22,23). The Morgan fingerprint density at radius 2 is 1.92 bits per heavy atom. The van der Waals surface area contributed by atoms with Crippen LogP contribution in [0.1, 0.15) is 28.9 Å². The number of rotatable bonds is 3. The van der Waals surface area contributed by atoms with E-state index >= 15 is 0 Å². The lowest BCUT2D eigenvalue weighted by Gasteiger charge is -2.33. The molecular formula is C21H19N3OS. The van der Waals surface area contributed by atoms with E-state index in [-0.39, 0.29) is 12.1 Å². The number of imidazole rings is 1. The lowest BCUT2D eigenvalue weighted by molar-refractivity contribution is 0.414. The molecule has 0 amide bonds. The summed E-state index contributed by atoms with van der Waals surface area (Å²) in [5.74, 6) is 1.82. The molecule has 0 saturated heterocycles. The summed E-state index contributed by atoms with van der Waals surface area (Å²) in [5, 5.41) is 5.78. The van der Waals surface area contributed by atoms with E-state index in [1.165, 1.54) is 16.0 Å². The van der Waals surface area contributed by atoms with E-state index < -0.39 is 0 Å². The maximum atomic E-state index is 5.33. The number of nitrogens with one attached hydrogen (secondary N) is 1. The van der Waals surface area contributed by atoms with Gasteiger partial charge < -0.3 is 14.6 Å². The Morgan fingerprint density at radius 1 is 1.08 bits per heavy atom. The van der Waals surface area contributed by atoms with Gasteiger partial charge in [-0.15, -0.1) is 11.3 Å². The number of nitrogens with zero attached hydrogens (tertiary/aromatic N) is 2. The van der Waals surface area contributed by atoms with Gasteiger partial charge in [-0.2, -0.15) is 0 Å². The molecule has 4 aromatic rings. The van der Waals surface area contributed by atoms with Crippen LogP contribution in [-0.4, -0.2) is 16.7 Å². The smallest absolute Gasteiger partial charge is 0.204 e. The lowest BCUT2D eigenvalue weighted by Crippen LogP contribution is -2.26. The van der Waals surface area contributed by atoms with Crippen molar-refractivity contribution in [3.05, 3.63) is 76.5 Å². The molecule has 1 aliphatic rings. The summed E-state index contributed by atoms with van der Waals surface area (Å²) in [5.41, 5.74) is 3.47. The van der Waals surface area contributed by atoms with E-state index in [9.17, 15) is 0 Å². The van der Waals surface area contributed by atoms with E-state index in [0.717, 1.165) is 23.6 Å². The van der Waals surface area contributed by atoms with Crippen LogP contribution >= 0.6 is 11.3 Å². The van der Waals surface area contributed by atoms with Crippen molar-refractivity contribution < 1.29 is 4.74 Å². The summed E-state index contributed by atoms with van der Waals surface area (Å²) in [6.07, 6.45) is 0.986. The Hall–Kier alpha value is -2.79. The van der Waals surface area contributed by atoms with Crippen molar-refractivity contribution in [1.82, 2.24) is 9.55 Å². The molecule has 0 aliphatic carbocycles. The number of aromatic nitrogens is 2. The van der Waals surface area contributed by atoms with Gasteiger partial charge in [-0.3, -0.25) is 0 Å². The van der Waals surface area contributed by atoms with E-state index in [0.29, 0.717) is 0 Å². The number of hydrogen-bond donors (Lipinski definition) is 1. The second-order valence-corrected chi connectivity index (χ2v) is 7.51. The maximum Gasteiger partial charge on any atom is 0.204 e. The molecule has 26 heavy (non-hydrogen) atoms. The van der Waals surface area contributed by atoms with Crippen LogP contribution in [0.2, 0.25) is 0 Å². The van der Waals surface area contributed by atoms with E-state index in [4.69, 9.17) is 9.72 Å². The number of thiophene rings is 1. The van der Waals surface area contributed by atoms with Crippen molar-refractivity contribution in [1.29, 1.82) is 0 Å². The van der Waals surface area contributed by atoms with Crippen LogP contribution in [0.4, 0.5) is 5.95 Å². The fourth-order valence-corrected chi connectivity index (χ4v) is 4.58. The molecule has 1 N–H and O–H groups in total. The van der Waals surface area contributed by atoms with Crippen LogP contribution < -0.4 is 10.1 Å². The van der Waals surface area contributed by atoms with Crippen molar-refractivity contribution in [2.45, 2.75) is 18.5 Å². The Kier molecular flexibility index (Phi) is 3.68. The summed E-state index contributed by atoms with van der Waals surface area (Å²) in [7, 11) is 1.70. The number of para-hydroxylation sites is 2. The number of methoxy groups -OCH3 is 1. The zero-order valence-corrected chi connectivity index (χ0v) is 15.2. The third-order valence-corrected chi connectivity index (χ3v) is 6.04. The predicted octanol–water partition coefficient (Wildman–Crippen LogP) is 5.25. The number of benzene rings is 2. The van der Waals surface area contributed by atoms with Gasteiger partial charge in [0.15, 0.2) is 0 Å². The molecule has 130 valence electrons. The predicted molar refractivity (Wildman–Crippen MR) is 106 cm³/mol. The van der Waals surface area contributed by atoms with E-state index in [1.807, 2.05) is 18.2 Å². The Labute approximate surface area is 156 Å². The molecule has 0 radical (unpaired) electrons. The fourth-order valence-electron chi connectivity index (χ4n) is 3.79. The van der Waals surface area contributed by atoms with Crippen LogP contribution in [0.25, 0.3) is 11.0 Å². The molecule has 5 heteroatoms. The van der Waals surface area contributed by atoms with Gasteiger partial charge in [0.25, 0.3) is 0 Å². The van der Waals surface area contributed by atoms with E-state index in [1.54, 1.807) is 18.4 Å². The molecule has 2 unspecified atom stereocenters. The summed E-state index contributed by atoms with van der Waals surface area (Å²) in [4.78, 5) is 6.20. The zero-order valence-electron chi connectivity index (χ0n) is 14.4. The number of fused-ring (bicyclic) bond motifs is 3. The molecule has 2 aromatic carbocycles. The highest BCUT2D eigenvalue weighted by Crippen LogP contribution is 2.42. The van der Waals surface area contributed by atoms with Gasteiger partial charge in [0.2, 0.25) is 5.95 Å². The molecule has 0 fully saturated rings. The van der Waals surface area contributed by atoms with Gasteiger partial charge in [0.1, 0.15) is 5.75 Å². The molecule has 5 rings (SSSR count). The van der Waals surface area contributed by atoms with Crippen LogP contribution in [0, 0.1) is 0 Å². The molecule has 0 saturated carbocycles. The van der Waals surface area contributed by atoms with Crippen LogP contribution in [0.3, 0.4) is 0 Å². The van der Waals surface area contributed by atoms with Crippen LogP contribution in [-0.2, 0) is 0 Å². The van der Waals surface area contributed by atoms with Gasteiger partial charge in [0, 0.05) is 4.88 Å². The van der Waals surface area contributed by atoms with Gasteiger partial charge in [0.05, 0.1) is 30.2 Å². The Morgan fingerprint density at radius 3 is 2.69 bits per heavy atom. The number of anilines is 1. The van der Waals surface area contributed by atoms with Crippen molar-refractivity contribution in [3.63, 3.8) is 0 Å². The molecule has 2 aromatic heterocycles. The summed E-state index contributed by atoms with van der Waals surface area (Å²) in [6, 6.07) is 21.6. The normalized spacial score (nSPS) is 19.1. The summed E-state index contributed by atoms with van der Waals surface area (Å²) >= 11 is 1.79. The summed E-state index contributed by atoms with van der Waals surface area (Å²) in [6.45, 7) is 0.